The Morgan fingerprint density at radius 1 is 1.20 bits per heavy atom. The minimum atomic E-state index is -1.01. The molecule has 20 heavy (non-hydrogen) atoms. The Morgan fingerprint density at radius 3 is 2.85 bits per heavy atom. The van der Waals surface area contributed by atoms with Crippen molar-refractivity contribution in [1.29, 1.82) is 0 Å². The third-order valence-corrected chi connectivity index (χ3v) is 5.17. The molecule has 0 aromatic heterocycles. The van der Waals surface area contributed by atoms with Crippen molar-refractivity contribution in [2.24, 2.45) is 5.92 Å². The molecular weight excluding hydrogens is 256 g/mol. The van der Waals surface area contributed by atoms with Gasteiger partial charge in [0.15, 0.2) is 0 Å². The van der Waals surface area contributed by atoms with Gasteiger partial charge in [-0.15, -0.1) is 0 Å². The first kappa shape index (κ1) is 14.5. The lowest BCUT2D eigenvalue weighted by atomic mass is 9.76. The van der Waals surface area contributed by atoms with Crippen molar-refractivity contribution in [3.05, 3.63) is 0 Å². The lowest BCUT2D eigenvalue weighted by molar-refractivity contribution is -0.279. The average Bonchev–Trinajstić information content (AvgIpc) is 2.73. The third-order valence-electron chi connectivity index (χ3n) is 5.17. The Hall–Kier alpha value is -0.450. The molecule has 0 amide bonds. The number of aliphatic hydroxyl groups excluding tert-OH is 1. The number of rotatable bonds is 5. The Balaban J connectivity index is 1.66. The van der Waals surface area contributed by atoms with E-state index < -0.39 is 11.9 Å². The molecule has 114 valence electrons. The Morgan fingerprint density at radius 2 is 2.05 bits per heavy atom. The lowest BCUT2D eigenvalue weighted by Gasteiger charge is -2.44. The van der Waals surface area contributed by atoms with Crippen LogP contribution in [0.15, 0.2) is 0 Å². The molecule has 5 atom stereocenters. The van der Waals surface area contributed by atoms with Crippen molar-refractivity contribution < 1.29 is 19.4 Å². The second-order valence-corrected chi connectivity index (χ2v) is 6.53. The molecule has 1 saturated carbocycles. The molecule has 2 saturated heterocycles. The maximum Gasteiger partial charge on any atom is 0.205 e. The quantitative estimate of drug-likeness (QED) is 0.787. The topological polar surface area (TPSA) is 55.8 Å². The zero-order valence-electron chi connectivity index (χ0n) is 12.3. The van der Waals surface area contributed by atoms with E-state index in [1.807, 2.05) is 0 Å². The van der Waals surface area contributed by atoms with Gasteiger partial charge in [-0.05, 0) is 25.7 Å². The molecule has 2 heterocycles. The Kier molecular flexibility index (Phi) is 4.16. The first-order valence-electron chi connectivity index (χ1n) is 8.23. The molecule has 0 aromatic rings. The molecule has 1 N–H and O–H groups in total. The van der Waals surface area contributed by atoms with E-state index >= 15 is 0 Å². The summed E-state index contributed by atoms with van der Waals surface area (Å²) in [6.07, 6.45) is 7.98. The molecule has 2 aliphatic heterocycles. The van der Waals surface area contributed by atoms with E-state index in [9.17, 15) is 9.90 Å². The minimum absolute atomic E-state index is 0.0670. The Bertz CT molecular complexity index is 369. The fourth-order valence-electron chi connectivity index (χ4n) is 4.04. The Labute approximate surface area is 120 Å². The van der Waals surface area contributed by atoms with E-state index in [1.54, 1.807) is 0 Å². The van der Waals surface area contributed by atoms with Gasteiger partial charge in [-0.25, -0.2) is 0 Å². The summed E-state index contributed by atoms with van der Waals surface area (Å²) in [5.74, 6) is -1.04. The van der Waals surface area contributed by atoms with Crippen molar-refractivity contribution in [2.45, 2.75) is 88.8 Å². The normalized spacial score (nSPS) is 43.6. The maximum absolute atomic E-state index is 12.1. The third kappa shape index (κ3) is 2.32. The summed E-state index contributed by atoms with van der Waals surface area (Å²) in [5, 5.41) is 10.3. The molecule has 0 aromatic carbocycles. The zero-order chi connectivity index (χ0) is 14.2. The highest BCUT2D eigenvalue weighted by molar-refractivity contribution is 5.83. The second-order valence-electron chi connectivity index (χ2n) is 6.53. The summed E-state index contributed by atoms with van der Waals surface area (Å²) >= 11 is 0. The summed E-state index contributed by atoms with van der Waals surface area (Å²) in [6, 6.07) is 0. The van der Waals surface area contributed by atoms with Gasteiger partial charge in [-0.2, -0.15) is 0 Å². The van der Waals surface area contributed by atoms with Gasteiger partial charge in [0.2, 0.25) is 5.79 Å². The van der Waals surface area contributed by atoms with Gasteiger partial charge >= 0.3 is 0 Å². The largest absolute Gasteiger partial charge is 0.387 e. The molecule has 1 spiro atoms. The summed E-state index contributed by atoms with van der Waals surface area (Å²) in [4.78, 5) is 12.1. The fourth-order valence-corrected chi connectivity index (χ4v) is 4.04. The molecule has 1 aliphatic carbocycles. The van der Waals surface area contributed by atoms with Crippen LogP contribution in [0.5, 0.6) is 0 Å². The minimum Gasteiger partial charge on any atom is -0.387 e. The molecule has 4 nitrogen and oxygen atoms in total. The number of unbranched alkanes of at least 4 members (excludes halogenated alkanes) is 3. The van der Waals surface area contributed by atoms with E-state index in [4.69, 9.17) is 9.47 Å². The van der Waals surface area contributed by atoms with Crippen LogP contribution in [0.2, 0.25) is 0 Å². The van der Waals surface area contributed by atoms with Crippen LogP contribution in [0.3, 0.4) is 0 Å². The summed E-state index contributed by atoms with van der Waals surface area (Å²) < 4.78 is 12.2. The number of hydrogen-bond donors (Lipinski definition) is 1. The van der Waals surface area contributed by atoms with Crippen molar-refractivity contribution in [2.75, 3.05) is 0 Å². The standard InChI is InChI=1S/C16H26O4/c1-2-3-4-5-6-13-14-9-7-11-12(17)8-10-15(18)16(11,19-13)20-14/h11,13-15,18H,2-10H2,1H3/t11-,13+,14-,15+,16-/m1/s1. The molecule has 3 fully saturated rings. The predicted molar refractivity (Wildman–Crippen MR) is 74.2 cm³/mol. The van der Waals surface area contributed by atoms with Crippen molar-refractivity contribution in [1.82, 2.24) is 0 Å². The van der Waals surface area contributed by atoms with Gasteiger partial charge in [-0.1, -0.05) is 32.6 Å². The van der Waals surface area contributed by atoms with Crippen LogP contribution in [0.25, 0.3) is 0 Å². The van der Waals surface area contributed by atoms with Crippen LogP contribution in [0, 0.1) is 5.92 Å². The zero-order valence-corrected chi connectivity index (χ0v) is 12.3. The summed E-state index contributed by atoms with van der Waals surface area (Å²) in [6.45, 7) is 2.20. The molecule has 0 unspecified atom stereocenters. The molecular formula is C16H26O4. The van der Waals surface area contributed by atoms with Crippen molar-refractivity contribution in [3.63, 3.8) is 0 Å². The van der Waals surface area contributed by atoms with Gasteiger partial charge in [0, 0.05) is 6.42 Å². The van der Waals surface area contributed by atoms with Gasteiger partial charge < -0.3 is 14.6 Å². The predicted octanol–water partition coefficient (Wildman–Crippen LogP) is 2.57. The highest BCUT2D eigenvalue weighted by atomic mass is 16.8. The molecule has 2 bridgehead atoms. The second kappa shape index (κ2) is 5.74. The van der Waals surface area contributed by atoms with E-state index in [-0.39, 0.29) is 23.9 Å². The number of ether oxygens (including phenoxy) is 2. The van der Waals surface area contributed by atoms with Crippen molar-refractivity contribution >= 4 is 5.78 Å². The monoisotopic (exact) mass is 282 g/mol. The van der Waals surface area contributed by atoms with Crippen molar-refractivity contribution in [3.8, 4) is 0 Å². The number of fused-ring (bicyclic) bond motifs is 1. The van der Waals surface area contributed by atoms with Crippen LogP contribution < -0.4 is 0 Å². The highest BCUT2D eigenvalue weighted by Crippen LogP contribution is 2.50. The first-order valence-corrected chi connectivity index (χ1v) is 8.23. The molecule has 0 radical (unpaired) electrons. The highest BCUT2D eigenvalue weighted by Gasteiger charge is 2.62. The molecule has 4 heteroatoms. The van der Waals surface area contributed by atoms with Crippen LogP contribution >= 0.6 is 0 Å². The summed E-state index contributed by atoms with van der Waals surface area (Å²) in [7, 11) is 0. The number of ketones is 1. The van der Waals surface area contributed by atoms with Crippen LogP contribution in [0.4, 0.5) is 0 Å². The lowest BCUT2D eigenvalue weighted by Crippen LogP contribution is -2.57. The summed E-state index contributed by atoms with van der Waals surface area (Å²) in [5.41, 5.74) is 0. The van der Waals surface area contributed by atoms with E-state index in [2.05, 4.69) is 6.92 Å². The average molecular weight is 282 g/mol. The van der Waals surface area contributed by atoms with Crippen LogP contribution in [-0.2, 0) is 14.3 Å². The van der Waals surface area contributed by atoms with Gasteiger partial charge in [-0.3, -0.25) is 4.79 Å². The SMILES string of the molecule is CCCCCC[C@@H]1O[C@@]23O[C@@H]1CC[C@@H]2C(=O)CC[C@@H]3O. The van der Waals surface area contributed by atoms with Gasteiger partial charge in [0.25, 0.3) is 0 Å². The molecule has 3 aliphatic rings. The van der Waals surface area contributed by atoms with E-state index in [0.717, 1.165) is 25.7 Å². The number of carbonyl (C=O) groups is 1. The fraction of sp³-hybridized carbons (Fsp3) is 0.938. The maximum atomic E-state index is 12.1. The van der Waals surface area contributed by atoms with Gasteiger partial charge in [0.05, 0.1) is 18.1 Å². The van der Waals surface area contributed by atoms with Gasteiger partial charge in [0.1, 0.15) is 11.9 Å². The number of Topliss-reactive ketones (excluding diaryl/α,β-unsaturated/α-hetero) is 1. The van der Waals surface area contributed by atoms with Crippen LogP contribution in [0.1, 0.15) is 64.7 Å². The van der Waals surface area contributed by atoms with E-state index in [0.29, 0.717) is 12.8 Å². The number of hydrogen-bond acceptors (Lipinski definition) is 4. The van der Waals surface area contributed by atoms with E-state index in [1.165, 1.54) is 19.3 Å². The smallest absolute Gasteiger partial charge is 0.205 e. The first-order chi connectivity index (χ1) is 9.67. The number of carbonyl (C=O) groups excluding carboxylic acids is 1. The molecule has 3 rings (SSSR count). The van der Waals surface area contributed by atoms with Crippen LogP contribution in [-0.4, -0.2) is 35.0 Å². The number of aliphatic hydroxyl groups is 1.